The molecule has 1 aromatic heterocycles. The summed E-state index contributed by atoms with van der Waals surface area (Å²) in [4.78, 5) is 28.6. The highest BCUT2D eigenvalue weighted by atomic mass is 16.6. The van der Waals surface area contributed by atoms with Crippen LogP contribution in [-0.4, -0.2) is 20.8 Å². The minimum atomic E-state index is -0.626. The number of hydrazine groups is 1. The van der Waals surface area contributed by atoms with Crippen LogP contribution in [0.2, 0.25) is 0 Å². The molecule has 0 radical (unpaired) electrons. The van der Waals surface area contributed by atoms with E-state index in [2.05, 4.69) is 20.7 Å². The highest BCUT2D eigenvalue weighted by molar-refractivity contribution is 6.04. The van der Waals surface area contributed by atoms with Gasteiger partial charge in [-0.1, -0.05) is 0 Å². The number of hydrogen-bond acceptors (Lipinski definition) is 6. The summed E-state index contributed by atoms with van der Waals surface area (Å²) in [5.74, 6) is 4.90. The average Bonchev–Trinajstić information content (AvgIpc) is 2.90. The number of amides is 1. The number of nitro groups is 1. The van der Waals surface area contributed by atoms with Crippen LogP contribution in [0.1, 0.15) is 10.4 Å². The van der Waals surface area contributed by atoms with Crippen molar-refractivity contribution in [3.05, 3.63) is 46.3 Å². The smallest absolute Gasteiger partial charge is 0.294 e. The zero-order valence-corrected chi connectivity index (χ0v) is 9.58. The number of nitrogens with two attached hydrogens (primary N) is 1. The predicted molar refractivity (Wildman–Crippen MR) is 67.4 cm³/mol. The topological polar surface area (TPSA) is 139 Å². The Morgan fingerprint density at radius 3 is 2.84 bits per heavy atom. The van der Waals surface area contributed by atoms with Crippen molar-refractivity contribution in [2.75, 3.05) is 10.7 Å². The first-order chi connectivity index (χ1) is 9.11. The number of nitro benzene ring substituents is 1. The summed E-state index contributed by atoms with van der Waals surface area (Å²) in [6, 6.07) is 3.91. The molecule has 0 saturated heterocycles. The maximum Gasteiger partial charge on any atom is 0.294 e. The van der Waals surface area contributed by atoms with E-state index in [1.807, 2.05) is 0 Å². The molecule has 2 aromatic rings. The van der Waals surface area contributed by atoms with Crippen LogP contribution in [-0.2, 0) is 0 Å². The zero-order valence-electron chi connectivity index (χ0n) is 9.58. The molecule has 19 heavy (non-hydrogen) atoms. The monoisotopic (exact) mass is 262 g/mol. The summed E-state index contributed by atoms with van der Waals surface area (Å²) >= 11 is 0. The molecule has 0 saturated carbocycles. The van der Waals surface area contributed by atoms with E-state index in [1.54, 1.807) is 6.20 Å². The number of nitrogens with one attached hydrogen (secondary N) is 3. The highest BCUT2D eigenvalue weighted by Crippen LogP contribution is 2.24. The maximum atomic E-state index is 11.8. The van der Waals surface area contributed by atoms with Crippen LogP contribution in [0.15, 0.2) is 30.6 Å². The van der Waals surface area contributed by atoms with Gasteiger partial charge >= 0.3 is 0 Å². The molecule has 0 aliphatic carbocycles. The third kappa shape index (κ3) is 2.66. The van der Waals surface area contributed by atoms with E-state index in [0.717, 1.165) is 6.07 Å². The van der Waals surface area contributed by atoms with Gasteiger partial charge in [0.15, 0.2) is 0 Å². The summed E-state index contributed by atoms with van der Waals surface area (Å²) < 4.78 is 0. The van der Waals surface area contributed by atoms with Crippen molar-refractivity contribution in [2.24, 2.45) is 5.84 Å². The number of rotatable bonds is 4. The number of anilines is 2. The third-order valence-corrected chi connectivity index (χ3v) is 2.34. The number of carbonyl (C=O) groups excluding carboxylic acids is 1. The fourth-order valence-electron chi connectivity index (χ4n) is 1.46. The number of nitrogen functional groups attached to an aromatic ring is 1. The Kier molecular flexibility index (Phi) is 3.39. The van der Waals surface area contributed by atoms with Crippen molar-refractivity contribution < 1.29 is 9.72 Å². The second kappa shape index (κ2) is 5.14. The second-order valence-corrected chi connectivity index (χ2v) is 3.53. The second-order valence-electron chi connectivity index (χ2n) is 3.53. The first-order valence-electron chi connectivity index (χ1n) is 5.17. The minimum absolute atomic E-state index is 0.125. The first kappa shape index (κ1) is 12.5. The lowest BCUT2D eigenvalue weighted by molar-refractivity contribution is -0.384. The van der Waals surface area contributed by atoms with Gasteiger partial charge in [0.05, 0.1) is 4.92 Å². The van der Waals surface area contributed by atoms with Crippen LogP contribution in [0.25, 0.3) is 0 Å². The Morgan fingerprint density at radius 2 is 2.26 bits per heavy atom. The number of imidazole rings is 1. The largest absolute Gasteiger partial charge is 0.331 e. The van der Waals surface area contributed by atoms with Crippen LogP contribution in [0.5, 0.6) is 0 Å². The molecule has 1 aromatic carbocycles. The molecule has 0 bridgehead atoms. The fraction of sp³-hybridized carbons (Fsp3) is 0. The summed E-state index contributed by atoms with van der Waals surface area (Å²) in [7, 11) is 0. The van der Waals surface area contributed by atoms with E-state index in [9.17, 15) is 14.9 Å². The fourth-order valence-corrected chi connectivity index (χ4v) is 1.46. The third-order valence-electron chi connectivity index (χ3n) is 2.34. The van der Waals surface area contributed by atoms with Crippen molar-refractivity contribution in [3.8, 4) is 0 Å². The quantitative estimate of drug-likeness (QED) is 0.366. The van der Waals surface area contributed by atoms with Crippen LogP contribution < -0.4 is 16.6 Å². The number of benzene rings is 1. The molecule has 0 aliphatic rings. The molecular formula is C10H10N6O3. The van der Waals surface area contributed by atoms with Crippen molar-refractivity contribution >= 4 is 23.2 Å². The van der Waals surface area contributed by atoms with E-state index in [4.69, 9.17) is 5.84 Å². The maximum absolute atomic E-state index is 11.8. The molecule has 1 heterocycles. The molecule has 5 N–H and O–H groups in total. The van der Waals surface area contributed by atoms with Gasteiger partial charge in [0.2, 0.25) is 5.95 Å². The van der Waals surface area contributed by atoms with E-state index in [0.29, 0.717) is 0 Å². The predicted octanol–water partition coefficient (Wildman–Crippen LogP) is 0.856. The molecule has 0 unspecified atom stereocenters. The van der Waals surface area contributed by atoms with Gasteiger partial charge in [-0.25, -0.2) is 4.98 Å². The van der Waals surface area contributed by atoms with Crippen LogP contribution in [0.4, 0.5) is 17.3 Å². The Balaban J connectivity index is 2.27. The van der Waals surface area contributed by atoms with Gasteiger partial charge in [-0.15, -0.1) is 0 Å². The van der Waals surface area contributed by atoms with Crippen LogP contribution in [0, 0.1) is 10.1 Å². The standard InChI is InChI=1S/C10H10N6O3/c11-15-7-2-1-6(5-8(7)16(18)19)9(17)14-10-12-3-4-13-10/h1-5,15H,11H2,(H2,12,13,14,17). The van der Waals surface area contributed by atoms with Gasteiger partial charge in [0, 0.05) is 24.0 Å². The van der Waals surface area contributed by atoms with E-state index >= 15 is 0 Å². The van der Waals surface area contributed by atoms with Crippen molar-refractivity contribution in [3.63, 3.8) is 0 Å². The minimum Gasteiger partial charge on any atom is -0.331 e. The summed E-state index contributed by atoms with van der Waals surface area (Å²) in [5.41, 5.74) is 2.17. The lowest BCUT2D eigenvalue weighted by atomic mass is 10.1. The molecule has 0 aliphatic heterocycles. The number of hydrogen-bond donors (Lipinski definition) is 4. The summed E-state index contributed by atoms with van der Waals surface area (Å²) in [5, 5.41) is 13.3. The molecule has 9 heteroatoms. The van der Waals surface area contributed by atoms with E-state index in [1.165, 1.54) is 18.3 Å². The Labute approximate surface area is 107 Å². The van der Waals surface area contributed by atoms with Crippen molar-refractivity contribution in [1.82, 2.24) is 9.97 Å². The molecule has 98 valence electrons. The Hall–Kier alpha value is -2.94. The normalized spacial score (nSPS) is 9.95. The molecule has 9 nitrogen and oxygen atoms in total. The van der Waals surface area contributed by atoms with Gasteiger partial charge in [0.25, 0.3) is 11.6 Å². The van der Waals surface area contributed by atoms with Gasteiger partial charge in [-0.2, -0.15) is 0 Å². The van der Waals surface area contributed by atoms with Crippen molar-refractivity contribution in [1.29, 1.82) is 0 Å². The summed E-state index contributed by atoms with van der Waals surface area (Å²) in [6.45, 7) is 0. The Morgan fingerprint density at radius 1 is 1.47 bits per heavy atom. The zero-order chi connectivity index (χ0) is 13.8. The van der Waals surface area contributed by atoms with Crippen LogP contribution in [0.3, 0.4) is 0 Å². The molecular weight excluding hydrogens is 252 g/mol. The highest BCUT2D eigenvalue weighted by Gasteiger charge is 2.17. The van der Waals surface area contributed by atoms with Gasteiger partial charge in [0.1, 0.15) is 5.69 Å². The molecule has 2 rings (SSSR count). The molecule has 0 atom stereocenters. The van der Waals surface area contributed by atoms with Gasteiger partial charge < -0.3 is 10.4 Å². The van der Waals surface area contributed by atoms with Gasteiger partial charge in [-0.3, -0.25) is 26.1 Å². The first-order valence-corrected chi connectivity index (χ1v) is 5.17. The van der Waals surface area contributed by atoms with Crippen LogP contribution >= 0.6 is 0 Å². The van der Waals surface area contributed by atoms with Crippen molar-refractivity contribution in [2.45, 2.75) is 0 Å². The SMILES string of the molecule is NNc1ccc(C(=O)Nc2ncc[nH]2)cc1[N+](=O)[O-]. The average molecular weight is 262 g/mol. The lowest BCUT2D eigenvalue weighted by Gasteiger charge is -2.05. The van der Waals surface area contributed by atoms with E-state index < -0.39 is 10.8 Å². The summed E-state index contributed by atoms with van der Waals surface area (Å²) in [6.07, 6.45) is 3.01. The number of aromatic nitrogens is 2. The Bertz CT molecular complexity index is 610. The lowest BCUT2D eigenvalue weighted by Crippen LogP contribution is -2.14. The number of nitrogens with zero attached hydrogens (tertiary/aromatic N) is 2. The van der Waals surface area contributed by atoms with E-state index in [-0.39, 0.29) is 22.9 Å². The van der Waals surface area contributed by atoms with Gasteiger partial charge in [-0.05, 0) is 12.1 Å². The molecule has 0 fully saturated rings. The molecule has 1 amide bonds. The molecule has 0 spiro atoms. The number of carbonyl (C=O) groups is 1. The number of aromatic amines is 1. The number of H-pyrrole nitrogens is 1.